The van der Waals surface area contributed by atoms with E-state index in [9.17, 15) is 27.5 Å². The minimum atomic E-state index is -5.31. The predicted molar refractivity (Wildman–Crippen MR) is 185 cm³/mol. The molecule has 0 bridgehead atoms. The molecule has 53 heavy (non-hydrogen) atoms. The van der Waals surface area contributed by atoms with Crippen LogP contribution in [0.25, 0.3) is 11.3 Å². The van der Waals surface area contributed by atoms with Gasteiger partial charge in [-0.2, -0.15) is 13.2 Å². The molecule has 0 saturated carbocycles. The topological polar surface area (TPSA) is 130 Å². The first-order valence-electron chi connectivity index (χ1n) is 16.6. The Bertz CT molecular complexity index is 1950. The molecule has 1 spiro atoms. The van der Waals surface area contributed by atoms with Crippen molar-refractivity contribution in [3.05, 3.63) is 94.9 Å². The minimum Gasteiger partial charge on any atom is -0.497 e. The Morgan fingerprint density at radius 1 is 0.962 bits per heavy atom. The highest BCUT2D eigenvalue weighted by atomic mass is 19.4. The standard InChI is InChI=1S/C38H37F4N3O8/c1-48-27-11-5-23(6-12-27)20-51-15-16-52-34-29(49-2)17-25(18-30(34)50-3)35(46)43-21-37(47,38(40,41)42)31-19-28-33(53-22-36(28)13-4-14-44-36)32(45-31)24-7-9-26(39)10-8-24/h5-12,14,17-19,47H,4,13,15-16,20-22H2,1-3H3,(H,43,46). The van der Waals surface area contributed by atoms with Crippen LogP contribution in [0.4, 0.5) is 17.6 Å². The number of aliphatic imine (C=N–C) groups is 1. The number of alkyl halides is 3. The molecule has 0 radical (unpaired) electrons. The molecule has 2 unspecified atom stereocenters. The number of nitrogens with one attached hydrogen (secondary N) is 1. The van der Waals surface area contributed by atoms with Gasteiger partial charge in [-0.05, 0) is 73.0 Å². The molecule has 2 N–H and O–H groups in total. The average Bonchev–Trinajstić information content (AvgIpc) is 3.80. The number of aromatic nitrogens is 1. The lowest BCUT2D eigenvalue weighted by Gasteiger charge is -2.31. The number of carbonyl (C=O) groups is 1. The Balaban J connectivity index is 1.22. The fourth-order valence-electron chi connectivity index (χ4n) is 6.14. The zero-order valence-electron chi connectivity index (χ0n) is 29.1. The third-order valence-electron chi connectivity index (χ3n) is 9.09. The summed E-state index contributed by atoms with van der Waals surface area (Å²) in [5, 5.41) is 13.7. The molecule has 2 aliphatic rings. The number of amides is 1. The maximum Gasteiger partial charge on any atom is 0.424 e. The highest BCUT2D eigenvalue weighted by Crippen LogP contribution is 2.51. The highest BCUT2D eigenvalue weighted by Gasteiger charge is 2.57. The second-order valence-corrected chi connectivity index (χ2v) is 12.4. The molecule has 2 atom stereocenters. The Morgan fingerprint density at radius 3 is 2.26 bits per heavy atom. The van der Waals surface area contributed by atoms with Crippen LogP contribution in [0, 0.1) is 5.82 Å². The average molecular weight is 740 g/mol. The number of fused-ring (bicyclic) bond motifs is 2. The summed E-state index contributed by atoms with van der Waals surface area (Å²) in [6.45, 7) is -0.661. The maximum atomic E-state index is 14.9. The second-order valence-electron chi connectivity index (χ2n) is 12.4. The first-order valence-corrected chi connectivity index (χ1v) is 16.6. The monoisotopic (exact) mass is 739 g/mol. The molecule has 6 rings (SSSR count). The van der Waals surface area contributed by atoms with Crippen LogP contribution >= 0.6 is 0 Å². The smallest absolute Gasteiger partial charge is 0.424 e. The van der Waals surface area contributed by atoms with Crippen molar-refractivity contribution in [3.63, 3.8) is 0 Å². The van der Waals surface area contributed by atoms with Gasteiger partial charge in [-0.1, -0.05) is 12.1 Å². The molecule has 4 aromatic rings. The number of pyridine rings is 1. The summed E-state index contributed by atoms with van der Waals surface area (Å²) in [6, 6.07) is 16.0. The van der Waals surface area contributed by atoms with Gasteiger partial charge in [0.1, 0.15) is 36.0 Å². The van der Waals surface area contributed by atoms with Gasteiger partial charge >= 0.3 is 6.18 Å². The Labute approximate surface area is 302 Å². The van der Waals surface area contributed by atoms with Gasteiger partial charge in [0.25, 0.3) is 5.91 Å². The van der Waals surface area contributed by atoms with Crippen molar-refractivity contribution in [3.8, 4) is 40.0 Å². The summed E-state index contributed by atoms with van der Waals surface area (Å²) in [5.41, 5.74) is -4.09. The second kappa shape index (κ2) is 15.3. The SMILES string of the molecule is COc1ccc(COCCOc2c(OC)cc(C(=O)NCC(O)(c3cc4c(c(-c5ccc(F)cc5)n3)OCC43CCC=N3)C(F)(F)F)cc2OC)cc1. The van der Waals surface area contributed by atoms with E-state index in [4.69, 9.17) is 28.4 Å². The normalized spacial score (nSPS) is 17.2. The van der Waals surface area contributed by atoms with Gasteiger partial charge in [0, 0.05) is 22.9 Å². The quantitative estimate of drug-likeness (QED) is 0.116. The van der Waals surface area contributed by atoms with Crippen molar-refractivity contribution < 1.29 is 55.9 Å². The number of hydrogen-bond acceptors (Lipinski definition) is 10. The number of ether oxygens (including phenoxy) is 6. The first-order chi connectivity index (χ1) is 25.4. The summed E-state index contributed by atoms with van der Waals surface area (Å²) in [7, 11) is 4.24. The first kappa shape index (κ1) is 37.4. The molecule has 3 aromatic carbocycles. The van der Waals surface area contributed by atoms with Crippen molar-refractivity contribution >= 4 is 12.1 Å². The number of aliphatic hydroxyl groups is 1. The molecule has 1 aromatic heterocycles. The predicted octanol–water partition coefficient (Wildman–Crippen LogP) is 6.14. The maximum absolute atomic E-state index is 14.9. The lowest BCUT2D eigenvalue weighted by molar-refractivity contribution is -0.265. The van der Waals surface area contributed by atoms with Crippen LogP contribution in [0.5, 0.6) is 28.7 Å². The van der Waals surface area contributed by atoms with E-state index in [1.54, 1.807) is 13.3 Å². The molecule has 1 amide bonds. The number of benzene rings is 3. The van der Waals surface area contributed by atoms with Crippen LogP contribution in [0.15, 0.2) is 71.7 Å². The summed E-state index contributed by atoms with van der Waals surface area (Å²) < 4.78 is 92.0. The van der Waals surface area contributed by atoms with E-state index in [2.05, 4.69) is 15.3 Å². The number of halogens is 4. The van der Waals surface area contributed by atoms with E-state index in [0.29, 0.717) is 25.0 Å². The van der Waals surface area contributed by atoms with Gasteiger partial charge in [0.15, 0.2) is 17.2 Å². The molecule has 3 heterocycles. The molecular weight excluding hydrogens is 702 g/mol. The molecule has 280 valence electrons. The molecule has 0 fully saturated rings. The molecule has 0 saturated heterocycles. The van der Waals surface area contributed by atoms with Crippen molar-refractivity contribution in [2.45, 2.75) is 36.8 Å². The van der Waals surface area contributed by atoms with E-state index in [1.807, 2.05) is 24.3 Å². The van der Waals surface area contributed by atoms with Crippen LogP contribution in [-0.4, -0.2) is 76.1 Å². The molecule has 11 nitrogen and oxygen atoms in total. The van der Waals surface area contributed by atoms with Gasteiger partial charge in [-0.3, -0.25) is 9.79 Å². The third-order valence-corrected chi connectivity index (χ3v) is 9.09. The van der Waals surface area contributed by atoms with Gasteiger partial charge in [-0.25, -0.2) is 9.37 Å². The number of hydrogen-bond donors (Lipinski definition) is 2. The van der Waals surface area contributed by atoms with Crippen molar-refractivity contribution in [1.29, 1.82) is 0 Å². The number of carbonyl (C=O) groups excluding carboxylic acids is 1. The van der Waals surface area contributed by atoms with E-state index in [0.717, 1.165) is 29.5 Å². The lowest BCUT2D eigenvalue weighted by Crippen LogP contribution is -2.51. The van der Waals surface area contributed by atoms with Gasteiger partial charge in [0.05, 0.1) is 46.8 Å². The Hall–Kier alpha value is -5.41. The van der Waals surface area contributed by atoms with E-state index >= 15 is 0 Å². The molecule has 0 aliphatic carbocycles. The van der Waals surface area contributed by atoms with Crippen molar-refractivity contribution in [2.75, 3.05) is 47.7 Å². The Kier molecular flexibility index (Phi) is 10.8. The summed E-state index contributed by atoms with van der Waals surface area (Å²) in [6.07, 6.45) is -2.60. The van der Waals surface area contributed by atoms with Crippen LogP contribution in [0.1, 0.15) is 40.0 Å². The van der Waals surface area contributed by atoms with Gasteiger partial charge in [0.2, 0.25) is 11.4 Å². The fraction of sp³-hybridized carbons (Fsp3) is 0.342. The van der Waals surface area contributed by atoms with E-state index in [1.165, 1.54) is 38.5 Å². The lowest BCUT2D eigenvalue weighted by atomic mass is 9.86. The molecular formula is C38H37F4N3O8. The number of rotatable bonds is 14. The van der Waals surface area contributed by atoms with E-state index < -0.39 is 41.3 Å². The van der Waals surface area contributed by atoms with Crippen LogP contribution in [0.2, 0.25) is 0 Å². The van der Waals surface area contributed by atoms with Crippen LogP contribution in [-0.2, 0) is 22.5 Å². The van der Waals surface area contributed by atoms with Gasteiger partial charge < -0.3 is 38.8 Å². The zero-order valence-corrected chi connectivity index (χ0v) is 29.1. The van der Waals surface area contributed by atoms with Crippen molar-refractivity contribution in [2.24, 2.45) is 4.99 Å². The van der Waals surface area contributed by atoms with Crippen LogP contribution < -0.4 is 29.0 Å². The summed E-state index contributed by atoms with van der Waals surface area (Å²) >= 11 is 0. The van der Waals surface area contributed by atoms with Crippen LogP contribution in [0.3, 0.4) is 0 Å². The number of nitrogens with zero attached hydrogens (tertiary/aromatic N) is 2. The summed E-state index contributed by atoms with van der Waals surface area (Å²) in [5.74, 6) is -0.327. The Morgan fingerprint density at radius 2 is 1.66 bits per heavy atom. The minimum absolute atomic E-state index is 0.0262. The fourth-order valence-corrected chi connectivity index (χ4v) is 6.14. The number of methoxy groups -OCH3 is 3. The highest BCUT2D eigenvalue weighted by molar-refractivity contribution is 5.95. The molecule has 15 heteroatoms. The van der Waals surface area contributed by atoms with Gasteiger partial charge in [-0.15, -0.1) is 0 Å². The summed E-state index contributed by atoms with van der Waals surface area (Å²) in [4.78, 5) is 22.2. The van der Waals surface area contributed by atoms with Crippen molar-refractivity contribution in [1.82, 2.24) is 10.3 Å². The third kappa shape index (κ3) is 7.57. The van der Waals surface area contributed by atoms with E-state index in [-0.39, 0.29) is 59.6 Å². The molecule has 2 aliphatic heterocycles. The largest absolute Gasteiger partial charge is 0.497 e. The zero-order chi connectivity index (χ0) is 37.8.